The fourth-order valence-corrected chi connectivity index (χ4v) is 1.62. The highest BCUT2D eigenvalue weighted by Crippen LogP contribution is 2.14. The molecule has 0 spiro atoms. The molecule has 16 heavy (non-hydrogen) atoms. The number of anilines is 1. The molecular weight excluding hydrogens is 222 g/mol. The Morgan fingerprint density at radius 1 is 1.25 bits per heavy atom. The summed E-state index contributed by atoms with van der Waals surface area (Å²) in [6, 6.07) is 9.55. The molecule has 0 radical (unpaired) electrons. The average Bonchev–Trinajstić information content (AvgIpc) is 2.30. The largest absolute Gasteiger partial charge is 0.355 e. The van der Waals surface area contributed by atoms with Crippen molar-refractivity contribution in [2.24, 2.45) is 0 Å². The zero-order chi connectivity index (χ0) is 11.4. The van der Waals surface area contributed by atoms with Gasteiger partial charge >= 0.3 is 0 Å². The third-order valence-electron chi connectivity index (χ3n) is 2.23. The zero-order valence-electron chi connectivity index (χ0n) is 8.97. The monoisotopic (exact) mass is 233 g/mol. The van der Waals surface area contributed by atoms with Crippen LogP contribution in [0.3, 0.4) is 0 Å². The van der Waals surface area contributed by atoms with Crippen molar-refractivity contribution in [3.05, 3.63) is 53.4 Å². The third-order valence-corrected chi connectivity index (χ3v) is 2.44. The van der Waals surface area contributed by atoms with E-state index in [4.69, 9.17) is 11.6 Å². The fraction of sp³-hybridized carbons (Fsp3) is 0.167. The fourth-order valence-electron chi connectivity index (χ4n) is 1.46. The van der Waals surface area contributed by atoms with Crippen molar-refractivity contribution in [2.45, 2.75) is 6.54 Å². The first-order valence-electron chi connectivity index (χ1n) is 4.98. The average molecular weight is 234 g/mol. The Morgan fingerprint density at radius 2 is 2.12 bits per heavy atom. The zero-order valence-corrected chi connectivity index (χ0v) is 9.72. The summed E-state index contributed by atoms with van der Waals surface area (Å²) < 4.78 is 0. The molecule has 0 aliphatic rings. The van der Waals surface area contributed by atoms with Gasteiger partial charge in [-0.2, -0.15) is 0 Å². The number of nitrogens with zero attached hydrogens (tertiary/aromatic N) is 3. The van der Waals surface area contributed by atoms with Gasteiger partial charge in [0.05, 0.1) is 0 Å². The van der Waals surface area contributed by atoms with Gasteiger partial charge in [0.15, 0.2) is 0 Å². The Morgan fingerprint density at radius 3 is 2.81 bits per heavy atom. The summed E-state index contributed by atoms with van der Waals surface area (Å²) in [5.41, 5.74) is 1.15. The van der Waals surface area contributed by atoms with Crippen molar-refractivity contribution in [3.8, 4) is 0 Å². The maximum Gasteiger partial charge on any atom is 0.131 e. The van der Waals surface area contributed by atoms with E-state index in [9.17, 15) is 0 Å². The smallest absolute Gasteiger partial charge is 0.131 e. The van der Waals surface area contributed by atoms with Crippen LogP contribution in [0.2, 0.25) is 5.15 Å². The van der Waals surface area contributed by atoms with Gasteiger partial charge in [0, 0.05) is 26.0 Å². The van der Waals surface area contributed by atoms with E-state index in [1.165, 1.54) is 0 Å². The van der Waals surface area contributed by atoms with E-state index < -0.39 is 0 Å². The van der Waals surface area contributed by atoms with Crippen LogP contribution in [-0.2, 0) is 6.54 Å². The standard InChI is InChI=1S/C12H12ClN3/c1-16(9-10-4-3-7-14-8-10)12-6-2-5-11(13)15-12/h2-8H,9H2,1H3. The Kier molecular flexibility index (Phi) is 3.37. The van der Waals surface area contributed by atoms with Crippen LogP contribution in [0, 0.1) is 0 Å². The van der Waals surface area contributed by atoms with Crippen LogP contribution >= 0.6 is 11.6 Å². The minimum Gasteiger partial charge on any atom is -0.355 e. The van der Waals surface area contributed by atoms with E-state index in [2.05, 4.69) is 9.97 Å². The highest BCUT2D eigenvalue weighted by Gasteiger charge is 2.03. The summed E-state index contributed by atoms with van der Waals surface area (Å²) >= 11 is 5.84. The van der Waals surface area contributed by atoms with Crippen LogP contribution in [0.25, 0.3) is 0 Å². The first-order chi connectivity index (χ1) is 7.75. The minimum absolute atomic E-state index is 0.510. The van der Waals surface area contributed by atoms with E-state index in [1.807, 2.05) is 42.4 Å². The Balaban J connectivity index is 2.12. The van der Waals surface area contributed by atoms with Crippen LogP contribution in [-0.4, -0.2) is 17.0 Å². The predicted octanol–water partition coefficient (Wildman–Crippen LogP) is 2.77. The second-order valence-electron chi connectivity index (χ2n) is 3.54. The molecule has 0 unspecified atom stereocenters. The van der Waals surface area contributed by atoms with E-state index in [0.717, 1.165) is 17.9 Å². The number of hydrogen-bond donors (Lipinski definition) is 0. The highest BCUT2D eigenvalue weighted by atomic mass is 35.5. The molecule has 0 N–H and O–H groups in total. The van der Waals surface area contributed by atoms with Gasteiger partial charge in [0.25, 0.3) is 0 Å². The van der Waals surface area contributed by atoms with Crippen molar-refractivity contribution in [2.75, 3.05) is 11.9 Å². The van der Waals surface area contributed by atoms with E-state index in [1.54, 1.807) is 12.3 Å². The van der Waals surface area contributed by atoms with Gasteiger partial charge in [-0.15, -0.1) is 0 Å². The van der Waals surface area contributed by atoms with Gasteiger partial charge in [0.2, 0.25) is 0 Å². The molecule has 0 fully saturated rings. The molecular formula is C12H12ClN3. The molecule has 0 aliphatic heterocycles. The molecule has 2 heterocycles. The van der Waals surface area contributed by atoms with Gasteiger partial charge in [0.1, 0.15) is 11.0 Å². The van der Waals surface area contributed by atoms with Crippen LogP contribution in [0.5, 0.6) is 0 Å². The van der Waals surface area contributed by atoms with Gasteiger partial charge in [-0.25, -0.2) is 4.98 Å². The summed E-state index contributed by atoms with van der Waals surface area (Å²) in [7, 11) is 1.98. The number of rotatable bonds is 3. The molecule has 2 rings (SSSR count). The maximum absolute atomic E-state index is 5.84. The quantitative estimate of drug-likeness (QED) is 0.764. The topological polar surface area (TPSA) is 29.0 Å². The molecule has 0 atom stereocenters. The van der Waals surface area contributed by atoms with Crippen LogP contribution < -0.4 is 4.90 Å². The number of pyridine rings is 2. The number of aromatic nitrogens is 2. The van der Waals surface area contributed by atoms with E-state index in [0.29, 0.717) is 5.15 Å². The molecule has 0 amide bonds. The maximum atomic E-state index is 5.84. The van der Waals surface area contributed by atoms with Crippen LogP contribution in [0.4, 0.5) is 5.82 Å². The van der Waals surface area contributed by atoms with Gasteiger partial charge in [-0.05, 0) is 23.8 Å². The minimum atomic E-state index is 0.510. The van der Waals surface area contributed by atoms with Crippen LogP contribution in [0.15, 0.2) is 42.7 Å². The highest BCUT2D eigenvalue weighted by molar-refractivity contribution is 6.29. The summed E-state index contributed by atoms with van der Waals surface area (Å²) in [5.74, 6) is 0.858. The second-order valence-corrected chi connectivity index (χ2v) is 3.92. The molecule has 0 aromatic carbocycles. The van der Waals surface area contributed by atoms with E-state index >= 15 is 0 Å². The second kappa shape index (κ2) is 4.94. The SMILES string of the molecule is CN(Cc1cccnc1)c1cccc(Cl)n1. The first-order valence-corrected chi connectivity index (χ1v) is 5.36. The molecule has 4 heteroatoms. The number of hydrogen-bond acceptors (Lipinski definition) is 3. The van der Waals surface area contributed by atoms with E-state index in [-0.39, 0.29) is 0 Å². The van der Waals surface area contributed by atoms with Gasteiger partial charge in [-0.3, -0.25) is 4.98 Å². The summed E-state index contributed by atoms with van der Waals surface area (Å²) in [6.45, 7) is 0.765. The van der Waals surface area contributed by atoms with Gasteiger partial charge in [-0.1, -0.05) is 23.7 Å². The lowest BCUT2D eigenvalue weighted by Crippen LogP contribution is -2.17. The third kappa shape index (κ3) is 2.70. The molecule has 82 valence electrons. The lowest BCUT2D eigenvalue weighted by Gasteiger charge is -2.17. The van der Waals surface area contributed by atoms with Crippen molar-refractivity contribution in [3.63, 3.8) is 0 Å². The predicted molar refractivity (Wildman–Crippen MR) is 65.6 cm³/mol. The summed E-state index contributed by atoms with van der Waals surface area (Å²) in [4.78, 5) is 10.3. The lowest BCUT2D eigenvalue weighted by atomic mass is 10.2. The summed E-state index contributed by atoms with van der Waals surface area (Å²) in [6.07, 6.45) is 3.61. The summed E-state index contributed by atoms with van der Waals surface area (Å²) in [5, 5.41) is 0.510. The van der Waals surface area contributed by atoms with Crippen LogP contribution in [0.1, 0.15) is 5.56 Å². The number of halogens is 1. The van der Waals surface area contributed by atoms with Crippen molar-refractivity contribution in [1.29, 1.82) is 0 Å². The van der Waals surface area contributed by atoms with Crippen molar-refractivity contribution in [1.82, 2.24) is 9.97 Å². The molecule has 0 aliphatic carbocycles. The first kappa shape index (κ1) is 10.9. The van der Waals surface area contributed by atoms with Crippen molar-refractivity contribution >= 4 is 17.4 Å². The Hall–Kier alpha value is -1.61. The van der Waals surface area contributed by atoms with Gasteiger partial charge < -0.3 is 4.90 Å². The molecule has 0 saturated heterocycles. The molecule has 3 nitrogen and oxygen atoms in total. The van der Waals surface area contributed by atoms with Crippen molar-refractivity contribution < 1.29 is 0 Å². The Labute approximate surface area is 99.7 Å². The molecule has 2 aromatic heterocycles. The normalized spacial score (nSPS) is 10.1. The lowest BCUT2D eigenvalue weighted by molar-refractivity contribution is 0.892. The molecule has 0 bridgehead atoms. The molecule has 2 aromatic rings. The Bertz CT molecular complexity index is 459. The molecule has 0 saturated carbocycles.